The number of carbonyl (C=O) groups excluding carboxylic acids is 2. The summed E-state index contributed by atoms with van der Waals surface area (Å²) in [5.74, 6) is -3.20. The number of Topliss-reactive ketones (excluding diaryl/α,β-unsaturated/α-hetero) is 1. The van der Waals surface area contributed by atoms with Crippen molar-refractivity contribution in [3.63, 3.8) is 0 Å². The molecule has 13 heteroatoms. The molecule has 1 amide bonds. The van der Waals surface area contributed by atoms with E-state index in [2.05, 4.69) is 18.9 Å². The minimum atomic E-state index is -4.96. The van der Waals surface area contributed by atoms with E-state index in [1.165, 1.54) is 0 Å². The van der Waals surface area contributed by atoms with Gasteiger partial charge in [-0.3, -0.25) is 19.1 Å². The van der Waals surface area contributed by atoms with Crippen molar-refractivity contribution in [2.45, 2.75) is 77.6 Å². The molecule has 3 aliphatic rings. The van der Waals surface area contributed by atoms with Crippen molar-refractivity contribution in [3.8, 4) is 0 Å². The Morgan fingerprint density at radius 2 is 1.69 bits per heavy atom. The fraction of sp³-hybridized carbons (Fsp3) is 0.586. The predicted molar refractivity (Wildman–Crippen MR) is 146 cm³/mol. The standard InChI is InChI=1S/C29H31Cl2F4N3O4/c1-27(2)17-10-15(11-18(17)27)37(13-21(39)22-19(30)4-5-20(32)23(22)31)25(40)16-12-36-38(24(16)29(33,34)35)14-6-8-28(3,9-7-14)26(41)42/h4-5,12,14-15,17-18H,6-11,13H2,1-3H3,(H,41,42)/t14-,15-,17+,18?,28-/m1/s1. The van der Waals surface area contributed by atoms with Crippen LogP contribution in [0.4, 0.5) is 17.6 Å². The lowest BCUT2D eigenvalue weighted by atomic mass is 9.74. The van der Waals surface area contributed by atoms with E-state index in [9.17, 15) is 37.1 Å². The molecule has 3 saturated carbocycles. The molecule has 1 N–H and O–H groups in total. The molecule has 2 aromatic rings. The molecule has 0 bridgehead atoms. The minimum absolute atomic E-state index is 0.0395. The molecule has 3 fully saturated rings. The van der Waals surface area contributed by atoms with Crippen molar-refractivity contribution in [2.24, 2.45) is 22.7 Å². The molecular formula is C29H31Cl2F4N3O4. The topological polar surface area (TPSA) is 92.5 Å². The van der Waals surface area contributed by atoms with Crippen LogP contribution >= 0.6 is 23.2 Å². The molecule has 1 heterocycles. The highest BCUT2D eigenvalue weighted by molar-refractivity contribution is 6.40. The third kappa shape index (κ3) is 5.20. The van der Waals surface area contributed by atoms with Crippen molar-refractivity contribution >= 4 is 40.9 Å². The number of fused-ring (bicyclic) bond motifs is 1. The number of carbonyl (C=O) groups is 3. The Labute approximate surface area is 250 Å². The van der Waals surface area contributed by atoms with Crippen molar-refractivity contribution < 1.29 is 37.1 Å². The maximum absolute atomic E-state index is 14.6. The van der Waals surface area contributed by atoms with Crippen molar-refractivity contribution in [3.05, 3.63) is 51.0 Å². The Bertz CT molecular complexity index is 1430. The fourth-order valence-corrected chi connectivity index (χ4v) is 7.63. The second-order valence-corrected chi connectivity index (χ2v) is 13.5. The van der Waals surface area contributed by atoms with E-state index in [0.717, 1.165) is 27.9 Å². The number of aromatic nitrogens is 2. The van der Waals surface area contributed by atoms with Gasteiger partial charge in [-0.15, -0.1) is 0 Å². The van der Waals surface area contributed by atoms with Gasteiger partial charge in [-0.1, -0.05) is 37.0 Å². The first-order valence-corrected chi connectivity index (χ1v) is 14.6. The zero-order chi connectivity index (χ0) is 30.9. The molecule has 0 spiro atoms. The summed E-state index contributed by atoms with van der Waals surface area (Å²) in [5.41, 5.74) is -3.28. The first-order chi connectivity index (χ1) is 19.5. The van der Waals surface area contributed by atoms with Crippen molar-refractivity contribution in [1.82, 2.24) is 14.7 Å². The number of ketones is 1. The third-order valence-corrected chi connectivity index (χ3v) is 10.6. The first-order valence-electron chi connectivity index (χ1n) is 13.8. The Balaban J connectivity index is 1.49. The van der Waals surface area contributed by atoms with Crippen LogP contribution in [0.3, 0.4) is 0 Å². The highest BCUT2D eigenvalue weighted by Crippen LogP contribution is 2.67. The zero-order valence-corrected chi connectivity index (χ0v) is 24.8. The molecule has 7 nitrogen and oxygen atoms in total. The maximum atomic E-state index is 14.6. The van der Waals surface area contributed by atoms with Crippen LogP contribution in [0.15, 0.2) is 18.3 Å². The molecule has 3 atom stereocenters. The second kappa shape index (κ2) is 10.5. The van der Waals surface area contributed by atoms with Crippen LogP contribution in [0, 0.1) is 28.5 Å². The molecule has 0 aliphatic heterocycles. The average Bonchev–Trinajstić information content (AvgIpc) is 3.33. The maximum Gasteiger partial charge on any atom is 0.433 e. The van der Waals surface area contributed by atoms with Crippen LogP contribution in [0.25, 0.3) is 0 Å². The summed E-state index contributed by atoms with van der Waals surface area (Å²) in [6.07, 6.45) is -2.48. The molecule has 5 rings (SSSR count). The number of rotatable bonds is 7. The lowest BCUT2D eigenvalue weighted by Crippen LogP contribution is -2.44. The Morgan fingerprint density at radius 3 is 2.24 bits per heavy atom. The number of halogens is 6. The number of alkyl halides is 3. The lowest BCUT2D eigenvalue weighted by Gasteiger charge is -2.35. The molecule has 1 unspecified atom stereocenters. The molecule has 42 heavy (non-hydrogen) atoms. The van der Waals surface area contributed by atoms with Crippen LogP contribution in [0.1, 0.15) is 91.7 Å². The van der Waals surface area contributed by atoms with E-state index in [1.807, 2.05) is 0 Å². The van der Waals surface area contributed by atoms with Gasteiger partial charge in [-0.2, -0.15) is 18.3 Å². The highest BCUT2D eigenvalue weighted by atomic mass is 35.5. The van der Waals surface area contributed by atoms with Gasteiger partial charge in [-0.25, -0.2) is 4.39 Å². The van der Waals surface area contributed by atoms with E-state index >= 15 is 0 Å². The largest absolute Gasteiger partial charge is 0.481 e. The first kappa shape index (κ1) is 30.8. The summed E-state index contributed by atoms with van der Waals surface area (Å²) in [7, 11) is 0. The van der Waals surface area contributed by atoms with Gasteiger partial charge in [0, 0.05) is 6.04 Å². The number of aliphatic carboxylic acids is 1. The molecule has 1 aromatic heterocycles. The number of amides is 1. The number of carboxylic acids is 1. The van der Waals surface area contributed by atoms with Gasteiger partial charge < -0.3 is 10.0 Å². The van der Waals surface area contributed by atoms with Crippen molar-refractivity contribution in [1.29, 1.82) is 0 Å². The Hall–Kier alpha value is -2.66. The normalized spacial score (nSPS) is 28.3. The summed E-state index contributed by atoms with van der Waals surface area (Å²) in [4.78, 5) is 40.1. The van der Waals surface area contributed by atoms with Gasteiger partial charge in [0.2, 0.25) is 0 Å². The van der Waals surface area contributed by atoms with Gasteiger partial charge in [0.15, 0.2) is 11.5 Å². The number of nitrogens with zero attached hydrogens (tertiary/aromatic N) is 3. The Morgan fingerprint density at radius 1 is 1.10 bits per heavy atom. The molecule has 0 radical (unpaired) electrons. The van der Waals surface area contributed by atoms with E-state index < -0.39 is 70.0 Å². The summed E-state index contributed by atoms with van der Waals surface area (Å²) in [5, 5.41) is 12.8. The van der Waals surface area contributed by atoms with Gasteiger partial charge in [0.25, 0.3) is 5.91 Å². The van der Waals surface area contributed by atoms with Gasteiger partial charge in [0.05, 0.1) is 45.4 Å². The smallest absolute Gasteiger partial charge is 0.433 e. The van der Waals surface area contributed by atoms with Crippen LogP contribution in [-0.4, -0.2) is 50.0 Å². The van der Waals surface area contributed by atoms with E-state index in [1.54, 1.807) is 6.92 Å². The fourth-order valence-electron chi connectivity index (χ4n) is 7.04. The summed E-state index contributed by atoms with van der Waals surface area (Å²) in [6.45, 7) is 5.10. The molecule has 3 aliphatic carbocycles. The number of hydrogen-bond acceptors (Lipinski definition) is 4. The summed E-state index contributed by atoms with van der Waals surface area (Å²) < 4.78 is 58.6. The minimum Gasteiger partial charge on any atom is -0.481 e. The molecule has 228 valence electrons. The third-order valence-electron chi connectivity index (χ3n) is 9.89. The number of hydrogen-bond donors (Lipinski definition) is 1. The van der Waals surface area contributed by atoms with Crippen LogP contribution in [0.5, 0.6) is 0 Å². The molecule has 0 saturated heterocycles. The highest BCUT2D eigenvalue weighted by Gasteiger charge is 2.63. The predicted octanol–water partition coefficient (Wildman–Crippen LogP) is 7.31. The number of benzene rings is 1. The quantitative estimate of drug-likeness (QED) is 0.196. The van der Waals surface area contributed by atoms with E-state index in [4.69, 9.17) is 23.2 Å². The zero-order valence-electron chi connectivity index (χ0n) is 23.3. The molecule has 1 aromatic carbocycles. The van der Waals surface area contributed by atoms with Crippen LogP contribution in [-0.2, 0) is 11.0 Å². The van der Waals surface area contributed by atoms with Crippen LogP contribution < -0.4 is 0 Å². The average molecular weight is 632 g/mol. The van der Waals surface area contributed by atoms with Gasteiger partial charge >= 0.3 is 12.1 Å². The van der Waals surface area contributed by atoms with Crippen molar-refractivity contribution in [2.75, 3.05) is 6.54 Å². The summed E-state index contributed by atoms with van der Waals surface area (Å²) in [6, 6.07) is 0.868. The summed E-state index contributed by atoms with van der Waals surface area (Å²) >= 11 is 12.2. The number of carboxylic acid groups (broad SMARTS) is 1. The van der Waals surface area contributed by atoms with E-state index in [-0.39, 0.29) is 53.5 Å². The molecular weight excluding hydrogens is 601 g/mol. The monoisotopic (exact) mass is 631 g/mol. The van der Waals surface area contributed by atoms with Crippen LogP contribution in [0.2, 0.25) is 10.0 Å². The van der Waals surface area contributed by atoms with E-state index in [0.29, 0.717) is 12.8 Å². The Kier molecular flexibility index (Phi) is 7.70. The van der Waals surface area contributed by atoms with Gasteiger partial charge in [-0.05, 0) is 74.8 Å². The van der Waals surface area contributed by atoms with Gasteiger partial charge in [0.1, 0.15) is 5.82 Å². The second-order valence-electron chi connectivity index (χ2n) is 12.7. The SMILES string of the molecule is CC1(C)C2C[C@H](N(CC(=O)c3c(Cl)ccc(F)c3Cl)C(=O)c3cnn([C@H]4CC[C@](C)(C(=O)O)CC4)c3C(F)(F)F)C[C@@H]21. The lowest BCUT2D eigenvalue weighted by molar-refractivity contribution is -0.152.